The summed E-state index contributed by atoms with van der Waals surface area (Å²) >= 11 is 0. The van der Waals surface area contributed by atoms with Crippen LogP contribution >= 0.6 is 0 Å². The van der Waals surface area contributed by atoms with Crippen LogP contribution < -0.4 is 20.7 Å². The quantitative estimate of drug-likeness (QED) is 0.443. The Hall–Kier alpha value is -3.60. The molecule has 1 aliphatic heterocycles. The third-order valence-electron chi connectivity index (χ3n) is 5.57. The number of anilines is 2. The largest absolute Gasteiger partial charge is 0.421 e. The van der Waals surface area contributed by atoms with Gasteiger partial charge in [0, 0.05) is 32.2 Å². The third kappa shape index (κ3) is 3.44. The number of nitrogens with zero attached hydrogens (tertiary/aromatic N) is 5. The molecule has 5 rings (SSSR count). The first-order valence-electron chi connectivity index (χ1n) is 10.3. The molecule has 9 nitrogen and oxygen atoms in total. The summed E-state index contributed by atoms with van der Waals surface area (Å²) in [6.07, 6.45) is 4.81. The Morgan fingerprint density at radius 1 is 1.19 bits per heavy atom. The van der Waals surface area contributed by atoms with E-state index < -0.39 is 11.6 Å². The molecule has 4 heterocycles. The summed E-state index contributed by atoms with van der Waals surface area (Å²) in [5.74, 6) is 0.0401. The van der Waals surface area contributed by atoms with Gasteiger partial charge >= 0.3 is 6.01 Å². The monoisotopic (exact) mass is 440 g/mol. The van der Waals surface area contributed by atoms with Crippen molar-refractivity contribution in [2.45, 2.75) is 25.8 Å². The zero-order chi connectivity index (χ0) is 22.4. The maximum absolute atomic E-state index is 15.0. The number of halogens is 2. The van der Waals surface area contributed by atoms with E-state index in [0.717, 1.165) is 18.9 Å². The standard InChI is InChI=1S/C21H22F2N8O/c1-10-26-7-12(8-27-10)32-21-29-19-16(20(30-21)31-5-3-4-11(24)9-31)15-13(22)6-14(23)17(25-2)18(15)28-19/h6-8,11,25H,3-5,9,24H2,1-2H3,(H,28,29,30). The van der Waals surface area contributed by atoms with E-state index in [4.69, 9.17) is 10.5 Å². The Morgan fingerprint density at radius 3 is 2.69 bits per heavy atom. The SMILES string of the molecule is CNc1c(F)cc(F)c2c1[nH]c1nc(Oc3cnc(C)nc3)nc(N3CCCC(N)C3)c12. The minimum atomic E-state index is -0.702. The second-order valence-electron chi connectivity index (χ2n) is 7.81. The number of aryl methyl sites for hydroxylation is 1. The molecule has 0 aliphatic carbocycles. The van der Waals surface area contributed by atoms with Gasteiger partial charge in [-0.25, -0.2) is 18.7 Å². The molecule has 1 saturated heterocycles. The lowest BCUT2D eigenvalue weighted by Gasteiger charge is -2.32. The number of rotatable bonds is 4. The number of nitrogens with two attached hydrogens (primary N) is 1. The van der Waals surface area contributed by atoms with Gasteiger partial charge < -0.3 is 25.7 Å². The molecule has 32 heavy (non-hydrogen) atoms. The van der Waals surface area contributed by atoms with Gasteiger partial charge in [0.05, 0.1) is 34.4 Å². The Morgan fingerprint density at radius 2 is 1.97 bits per heavy atom. The number of fused-ring (bicyclic) bond motifs is 3. The number of nitrogens with one attached hydrogen (secondary N) is 2. The number of aromatic nitrogens is 5. The average molecular weight is 440 g/mol. The summed E-state index contributed by atoms with van der Waals surface area (Å²) in [5, 5.41) is 3.46. The molecule has 11 heteroatoms. The average Bonchev–Trinajstić information content (AvgIpc) is 3.14. The van der Waals surface area contributed by atoms with Crippen LogP contribution in [0.4, 0.5) is 20.3 Å². The van der Waals surface area contributed by atoms with Crippen molar-refractivity contribution in [3.05, 3.63) is 35.9 Å². The summed E-state index contributed by atoms with van der Waals surface area (Å²) in [6, 6.07) is 0.864. The Bertz CT molecular complexity index is 1310. The molecule has 0 radical (unpaired) electrons. The van der Waals surface area contributed by atoms with E-state index in [2.05, 4.69) is 30.2 Å². The second kappa shape index (κ2) is 7.83. The number of piperidine rings is 1. The molecule has 0 amide bonds. The molecule has 1 aromatic carbocycles. The van der Waals surface area contributed by atoms with Crippen LogP contribution in [-0.4, -0.2) is 51.1 Å². The highest BCUT2D eigenvalue weighted by atomic mass is 19.1. The zero-order valence-electron chi connectivity index (χ0n) is 17.6. The van der Waals surface area contributed by atoms with Crippen LogP contribution in [0.5, 0.6) is 11.8 Å². The highest BCUT2D eigenvalue weighted by molar-refractivity contribution is 6.15. The molecular formula is C21H22F2N8O. The number of hydrogen-bond acceptors (Lipinski definition) is 8. The van der Waals surface area contributed by atoms with Gasteiger partial charge in [0.2, 0.25) is 0 Å². The van der Waals surface area contributed by atoms with Gasteiger partial charge in [-0.05, 0) is 19.8 Å². The van der Waals surface area contributed by atoms with E-state index in [0.29, 0.717) is 41.5 Å². The molecular weight excluding hydrogens is 418 g/mol. The van der Waals surface area contributed by atoms with Gasteiger partial charge in [0.1, 0.15) is 23.1 Å². The van der Waals surface area contributed by atoms with Crippen molar-refractivity contribution in [2.75, 3.05) is 30.4 Å². The van der Waals surface area contributed by atoms with Crippen LogP contribution in [0.15, 0.2) is 18.5 Å². The van der Waals surface area contributed by atoms with E-state index in [1.165, 1.54) is 12.4 Å². The number of H-pyrrole nitrogens is 1. The molecule has 1 atom stereocenters. The lowest BCUT2D eigenvalue weighted by Crippen LogP contribution is -2.43. The molecule has 4 aromatic rings. The Balaban J connectivity index is 1.74. The van der Waals surface area contributed by atoms with Crippen molar-refractivity contribution in [3.8, 4) is 11.8 Å². The molecule has 1 fully saturated rings. The van der Waals surface area contributed by atoms with Gasteiger partial charge in [-0.3, -0.25) is 0 Å². The predicted octanol–water partition coefficient (Wildman–Crippen LogP) is 3.25. The highest BCUT2D eigenvalue weighted by Gasteiger charge is 2.26. The topological polar surface area (TPSA) is 118 Å². The minimum absolute atomic E-state index is 0.0380. The summed E-state index contributed by atoms with van der Waals surface area (Å²) in [5.41, 5.74) is 6.94. The van der Waals surface area contributed by atoms with Gasteiger partial charge in [-0.15, -0.1) is 0 Å². The first kappa shape index (κ1) is 20.3. The number of benzene rings is 1. The first-order valence-corrected chi connectivity index (χ1v) is 10.3. The highest BCUT2D eigenvalue weighted by Crippen LogP contribution is 2.39. The Labute approximate surface area is 182 Å². The van der Waals surface area contributed by atoms with Crippen molar-refractivity contribution in [2.24, 2.45) is 5.73 Å². The van der Waals surface area contributed by atoms with Crippen molar-refractivity contribution < 1.29 is 13.5 Å². The van der Waals surface area contributed by atoms with Crippen LogP contribution in [0.25, 0.3) is 21.9 Å². The molecule has 1 unspecified atom stereocenters. The van der Waals surface area contributed by atoms with E-state index >= 15 is 4.39 Å². The van der Waals surface area contributed by atoms with Crippen molar-refractivity contribution in [1.82, 2.24) is 24.9 Å². The van der Waals surface area contributed by atoms with E-state index in [-0.39, 0.29) is 28.6 Å². The van der Waals surface area contributed by atoms with Crippen molar-refractivity contribution >= 4 is 33.4 Å². The normalized spacial score (nSPS) is 16.7. The molecule has 0 bridgehead atoms. The van der Waals surface area contributed by atoms with Crippen LogP contribution in [0, 0.1) is 18.6 Å². The second-order valence-corrected chi connectivity index (χ2v) is 7.81. The fraction of sp³-hybridized carbons (Fsp3) is 0.333. The van der Waals surface area contributed by atoms with Crippen molar-refractivity contribution in [1.29, 1.82) is 0 Å². The summed E-state index contributed by atoms with van der Waals surface area (Å²) in [4.78, 5) is 22.3. The lowest BCUT2D eigenvalue weighted by atomic mass is 10.1. The fourth-order valence-electron chi connectivity index (χ4n) is 4.12. The Kier molecular flexibility index (Phi) is 4.97. The van der Waals surface area contributed by atoms with E-state index in [1.807, 2.05) is 4.90 Å². The zero-order valence-corrected chi connectivity index (χ0v) is 17.6. The number of ether oxygens (including phenoxy) is 1. The predicted molar refractivity (Wildman–Crippen MR) is 117 cm³/mol. The maximum atomic E-state index is 15.0. The van der Waals surface area contributed by atoms with Crippen LogP contribution in [0.3, 0.4) is 0 Å². The van der Waals surface area contributed by atoms with Gasteiger partial charge in [0.15, 0.2) is 11.6 Å². The molecule has 166 valence electrons. The van der Waals surface area contributed by atoms with Crippen LogP contribution in [0.1, 0.15) is 18.7 Å². The summed E-state index contributed by atoms with van der Waals surface area (Å²) in [6.45, 7) is 3.01. The number of hydrogen-bond donors (Lipinski definition) is 3. The van der Waals surface area contributed by atoms with E-state index in [9.17, 15) is 4.39 Å². The summed E-state index contributed by atoms with van der Waals surface area (Å²) in [7, 11) is 1.57. The van der Waals surface area contributed by atoms with Gasteiger partial charge in [0.25, 0.3) is 0 Å². The van der Waals surface area contributed by atoms with Crippen LogP contribution in [0.2, 0.25) is 0 Å². The minimum Gasteiger partial charge on any atom is -0.421 e. The fourth-order valence-corrected chi connectivity index (χ4v) is 4.12. The molecule has 1 aliphatic rings. The molecule has 0 saturated carbocycles. The smallest absolute Gasteiger partial charge is 0.326 e. The molecule has 0 spiro atoms. The number of aromatic amines is 1. The van der Waals surface area contributed by atoms with Crippen molar-refractivity contribution in [3.63, 3.8) is 0 Å². The maximum Gasteiger partial charge on any atom is 0.326 e. The molecule has 3 aromatic heterocycles. The van der Waals surface area contributed by atoms with Crippen LogP contribution in [-0.2, 0) is 0 Å². The molecule has 4 N–H and O–H groups in total. The van der Waals surface area contributed by atoms with Gasteiger partial charge in [-0.2, -0.15) is 9.97 Å². The first-order chi connectivity index (χ1) is 15.4. The van der Waals surface area contributed by atoms with Gasteiger partial charge in [-0.1, -0.05) is 0 Å². The summed E-state index contributed by atoms with van der Waals surface area (Å²) < 4.78 is 35.2. The van der Waals surface area contributed by atoms with E-state index in [1.54, 1.807) is 14.0 Å². The third-order valence-corrected chi connectivity index (χ3v) is 5.57. The lowest BCUT2D eigenvalue weighted by molar-refractivity contribution is 0.436.